The topological polar surface area (TPSA) is 53.6 Å². The highest BCUT2D eigenvalue weighted by atomic mass is 16.5. The molecule has 2 aliphatic heterocycles. The highest BCUT2D eigenvalue weighted by Gasteiger charge is 2.21. The van der Waals surface area contributed by atoms with Crippen LogP contribution in [0.15, 0.2) is 24.3 Å². The van der Waals surface area contributed by atoms with Crippen molar-refractivity contribution in [3.05, 3.63) is 29.8 Å². The van der Waals surface area contributed by atoms with E-state index in [0.717, 1.165) is 24.7 Å². The zero-order valence-corrected chi connectivity index (χ0v) is 13.9. The van der Waals surface area contributed by atoms with Gasteiger partial charge in [-0.2, -0.15) is 0 Å². The summed E-state index contributed by atoms with van der Waals surface area (Å²) in [6.45, 7) is 7.54. The van der Waals surface area contributed by atoms with Crippen LogP contribution >= 0.6 is 0 Å². The number of anilines is 1. The summed E-state index contributed by atoms with van der Waals surface area (Å²) >= 11 is 0. The fourth-order valence-corrected chi connectivity index (χ4v) is 3.35. The van der Waals surface area contributed by atoms with Crippen molar-refractivity contribution < 1.29 is 9.53 Å². The molecule has 0 radical (unpaired) electrons. The molecule has 2 aliphatic rings. The Morgan fingerprint density at radius 2 is 2.22 bits per heavy atom. The molecule has 2 N–H and O–H groups in total. The number of carbonyl (C=O) groups excluding carboxylic acids is 1. The van der Waals surface area contributed by atoms with Crippen molar-refractivity contribution in [1.29, 1.82) is 0 Å². The Morgan fingerprint density at radius 1 is 1.39 bits per heavy atom. The molecule has 2 unspecified atom stereocenters. The Morgan fingerprint density at radius 3 is 2.91 bits per heavy atom. The zero-order valence-electron chi connectivity index (χ0n) is 13.9. The van der Waals surface area contributed by atoms with E-state index in [2.05, 4.69) is 34.6 Å². The predicted molar refractivity (Wildman–Crippen MR) is 91.4 cm³/mol. The van der Waals surface area contributed by atoms with E-state index in [-0.39, 0.29) is 11.9 Å². The van der Waals surface area contributed by atoms with Gasteiger partial charge in [0.15, 0.2) is 0 Å². The van der Waals surface area contributed by atoms with Crippen LogP contribution in [0, 0.1) is 5.92 Å². The molecule has 0 bridgehead atoms. The molecule has 1 aromatic rings. The minimum absolute atomic E-state index is 0.0256. The molecule has 0 aromatic heterocycles. The average molecular weight is 317 g/mol. The van der Waals surface area contributed by atoms with Gasteiger partial charge in [0.25, 0.3) is 0 Å². The van der Waals surface area contributed by atoms with Gasteiger partial charge in [-0.05, 0) is 43.0 Å². The van der Waals surface area contributed by atoms with Gasteiger partial charge in [-0.15, -0.1) is 0 Å². The largest absolute Gasteiger partial charge is 0.378 e. The Labute approximate surface area is 138 Å². The molecule has 2 fully saturated rings. The van der Waals surface area contributed by atoms with Crippen LogP contribution in [0.2, 0.25) is 0 Å². The van der Waals surface area contributed by atoms with Crippen LogP contribution in [0.5, 0.6) is 0 Å². The standard InChI is InChI=1S/C18H27N3O2/c1-14-3-2-9-21(11-14)12-15-4-6-16(7-5-15)20-18(22)17-13-23-10-8-19-17/h4-7,14,17,19H,2-3,8-13H2,1H3,(H,20,22). The Balaban J connectivity index is 1.51. The van der Waals surface area contributed by atoms with Crippen LogP contribution in [0.4, 0.5) is 5.69 Å². The van der Waals surface area contributed by atoms with Crippen molar-refractivity contribution in [1.82, 2.24) is 10.2 Å². The van der Waals surface area contributed by atoms with Crippen molar-refractivity contribution in [2.75, 3.05) is 38.2 Å². The summed E-state index contributed by atoms with van der Waals surface area (Å²) in [7, 11) is 0. The number of amides is 1. The molecule has 2 saturated heterocycles. The van der Waals surface area contributed by atoms with Gasteiger partial charge in [-0.1, -0.05) is 19.1 Å². The average Bonchev–Trinajstić information content (AvgIpc) is 2.57. The summed E-state index contributed by atoms with van der Waals surface area (Å²) in [5, 5.41) is 6.12. The third-order valence-corrected chi connectivity index (χ3v) is 4.61. The number of rotatable bonds is 4. The zero-order chi connectivity index (χ0) is 16.1. The van der Waals surface area contributed by atoms with E-state index in [1.54, 1.807) is 0 Å². The minimum atomic E-state index is -0.252. The normalized spacial score (nSPS) is 26.0. The van der Waals surface area contributed by atoms with Crippen LogP contribution in [-0.4, -0.2) is 49.7 Å². The van der Waals surface area contributed by atoms with Gasteiger partial charge in [0, 0.05) is 25.3 Å². The molecule has 2 heterocycles. The van der Waals surface area contributed by atoms with Gasteiger partial charge in [0.2, 0.25) is 5.91 Å². The molecule has 0 aliphatic carbocycles. The maximum absolute atomic E-state index is 12.1. The van der Waals surface area contributed by atoms with Crippen LogP contribution in [0.3, 0.4) is 0 Å². The van der Waals surface area contributed by atoms with Gasteiger partial charge in [0.1, 0.15) is 6.04 Å². The van der Waals surface area contributed by atoms with Crippen LogP contribution in [0.25, 0.3) is 0 Å². The minimum Gasteiger partial charge on any atom is -0.378 e. The summed E-state index contributed by atoms with van der Waals surface area (Å²) < 4.78 is 5.32. The fourth-order valence-electron chi connectivity index (χ4n) is 3.35. The van der Waals surface area contributed by atoms with Crippen LogP contribution in [0.1, 0.15) is 25.3 Å². The molecular formula is C18H27N3O2. The molecule has 5 heteroatoms. The number of likely N-dealkylation sites (tertiary alicyclic amines) is 1. The lowest BCUT2D eigenvalue weighted by Gasteiger charge is -2.30. The van der Waals surface area contributed by atoms with E-state index in [1.807, 2.05) is 12.1 Å². The number of carbonyl (C=O) groups is 1. The van der Waals surface area contributed by atoms with Crippen molar-refractivity contribution in [3.8, 4) is 0 Å². The lowest BCUT2D eigenvalue weighted by atomic mass is 10.00. The number of piperidine rings is 1. The second kappa shape index (κ2) is 7.90. The van der Waals surface area contributed by atoms with Crippen molar-refractivity contribution in [2.24, 2.45) is 5.92 Å². The highest BCUT2D eigenvalue weighted by molar-refractivity contribution is 5.95. The first kappa shape index (κ1) is 16.4. The summed E-state index contributed by atoms with van der Waals surface area (Å²) in [6.07, 6.45) is 2.64. The number of nitrogens with zero attached hydrogens (tertiary/aromatic N) is 1. The van der Waals surface area contributed by atoms with Gasteiger partial charge in [0.05, 0.1) is 13.2 Å². The van der Waals surface area contributed by atoms with E-state index in [0.29, 0.717) is 13.2 Å². The predicted octanol–water partition coefficient (Wildman–Crippen LogP) is 1.85. The van der Waals surface area contributed by atoms with E-state index in [1.165, 1.54) is 31.5 Å². The smallest absolute Gasteiger partial charge is 0.243 e. The van der Waals surface area contributed by atoms with Gasteiger partial charge >= 0.3 is 0 Å². The Bertz CT molecular complexity index is 512. The number of benzene rings is 1. The third kappa shape index (κ3) is 4.77. The highest BCUT2D eigenvalue weighted by Crippen LogP contribution is 2.19. The lowest BCUT2D eigenvalue weighted by Crippen LogP contribution is -2.48. The molecule has 5 nitrogen and oxygen atoms in total. The summed E-state index contributed by atoms with van der Waals surface area (Å²) in [5.41, 5.74) is 2.15. The lowest BCUT2D eigenvalue weighted by molar-refractivity contribution is -0.120. The Hall–Kier alpha value is -1.43. The molecule has 126 valence electrons. The SMILES string of the molecule is CC1CCCN(Cc2ccc(NC(=O)C3COCCN3)cc2)C1. The molecule has 3 rings (SSSR count). The Kier molecular flexibility index (Phi) is 5.65. The molecular weight excluding hydrogens is 290 g/mol. The molecule has 0 saturated carbocycles. The van der Waals surface area contributed by atoms with Gasteiger partial charge in [-0.25, -0.2) is 0 Å². The first-order valence-corrected chi connectivity index (χ1v) is 8.64. The summed E-state index contributed by atoms with van der Waals surface area (Å²) in [4.78, 5) is 14.7. The molecule has 1 amide bonds. The third-order valence-electron chi connectivity index (χ3n) is 4.61. The van der Waals surface area contributed by atoms with E-state index >= 15 is 0 Å². The number of nitrogens with one attached hydrogen (secondary N) is 2. The first-order valence-electron chi connectivity index (χ1n) is 8.64. The first-order chi connectivity index (χ1) is 11.2. The fraction of sp³-hybridized carbons (Fsp3) is 0.611. The van der Waals surface area contributed by atoms with E-state index < -0.39 is 0 Å². The summed E-state index contributed by atoms with van der Waals surface area (Å²) in [6, 6.07) is 7.95. The second-order valence-corrected chi connectivity index (χ2v) is 6.75. The maximum Gasteiger partial charge on any atom is 0.243 e. The van der Waals surface area contributed by atoms with Crippen molar-refractivity contribution in [2.45, 2.75) is 32.4 Å². The molecule has 1 aromatic carbocycles. The number of hydrogen-bond donors (Lipinski definition) is 2. The number of hydrogen-bond acceptors (Lipinski definition) is 4. The molecule has 23 heavy (non-hydrogen) atoms. The summed E-state index contributed by atoms with van der Waals surface area (Å²) in [5.74, 6) is 0.773. The van der Waals surface area contributed by atoms with Crippen molar-refractivity contribution >= 4 is 11.6 Å². The van der Waals surface area contributed by atoms with Gasteiger partial charge < -0.3 is 15.4 Å². The van der Waals surface area contributed by atoms with E-state index in [4.69, 9.17) is 4.74 Å². The van der Waals surface area contributed by atoms with Crippen LogP contribution < -0.4 is 10.6 Å². The van der Waals surface area contributed by atoms with Crippen molar-refractivity contribution in [3.63, 3.8) is 0 Å². The quantitative estimate of drug-likeness (QED) is 0.890. The van der Waals surface area contributed by atoms with E-state index in [9.17, 15) is 4.79 Å². The number of ether oxygens (including phenoxy) is 1. The number of morpholine rings is 1. The van der Waals surface area contributed by atoms with Crippen LogP contribution in [-0.2, 0) is 16.1 Å². The van der Waals surface area contributed by atoms with Gasteiger partial charge in [-0.3, -0.25) is 9.69 Å². The molecule has 0 spiro atoms. The maximum atomic E-state index is 12.1. The second-order valence-electron chi connectivity index (χ2n) is 6.75. The molecule has 2 atom stereocenters. The monoisotopic (exact) mass is 317 g/mol.